The molecule has 0 amide bonds. The van der Waals surface area contributed by atoms with Crippen molar-refractivity contribution >= 4 is 5.82 Å². The van der Waals surface area contributed by atoms with Crippen molar-refractivity contribution in [2.24, 2.45) is 0 Å². The largest absolute Gasteiger partial charge is 0.370 e. The van der Waals surface area contributed by atoms with Gasteiger partial charge in [-0.15, -0.1) is 0 Å². The second-order valence-corrected chi connectivity index (χ2v) is 3.03. The molecule has 4 heteroatoms. The summed E-state index contributed by atoms with van der Waals surface area (Å²) in [5, 5.41) is 3.15. The van der Waals surface area contributed by atoms with E-state index in [0.29, 0.717) is 0 Å². The van der Waals surface area contributed by atoms with Gasteiger partial charge >= 0.3 is 0 Å². The van der Waals surface area contributed by atoms with Gasteiger partial charge in [-0.3, -0.25) is 4.98 Å². The van der Waals surface area contributed by atoms with Crippen molar-refractivity contribution in [2.45, 2.75) is 6.92 Å². The first-order chi connectivity index (χ1) is 7.40. The van der Waals surface area contributed by atoms with Crippen LogP contribution >= 0.6 is 0 Å². The highest BCUT2D eigenvalue weighted by atomic mass is 15.0. The lowest BCUT2D eigenvalue weighted by atomic mass is 10.2. The Kier molecular flexibility index (Phi) is 2.88. The number of rotatable bonds is 3. The zero-order chi connectivity index (χ0) is 10.5. The number of aromatic nitrogens is 3. The number of anilines is 1. The van der Waals surface area contributed by atoms with Crippen LogP contribution in [0.15, 0.2) is 36.8 Å². The highest BCUT2D eigenvalue weighted by molar-refractivity contribution is 5.55. The summed E-state index contributed by atoms with van der Waals surface area (Å²) >= 11 is 0. The van der Waals surface area contributed by atoms with E-state index in [9.17, 15) is 0 Å². The van der Waals surface area contributed by atoms with Gasteiger partial charge in [0.15, 0.2) is 5.82 Å². The van der Waals surface area contributed by atoms with Crippen molar-refractivity contribution in [1.82, 2.24) is 15.0 Å². The van der Waals surface area contributed by atoms with Crippen LogP contribution in [-0.2, 0) is 0 Å². The molecule has 1 N–H and O–H groups in total. The normalized spacial score (nSPS) is 9.93. The number of nitrogens with one attached hydrogen (secondary N) is 1. The van der Waals surface area contributed by atoms with Gasteiger partial charge in [0.1, 0.15) is 5.82 Å². The number of hydrogen-bond donors (Lipinski definition) is 1. The van der Waals surface area contributed by atoms with Crippen LogP contribution in [0.2, 0.25) is 0 Å². The van der Waals surface area contributed by atoms with E-state index in [0.717, 1.165) is 23.8 Å². The molecule has 0 saturated heterocycles. The molecule has 0 atom stereocenters. The van der Waals surface area contributed by atoms with Gasteiger partial charge < -0.3 is 5.32 Å². The lowest BCUT2D eigenvalue weighted by Gasteiger charge is -2.03. The third kappa shape index (κ3) is 2.28. The second-order valence-electron chi connectivity index (χ2n) is 3.03. The molecule has 2 aromatic rings. The van der Waals surface area contributed by atoms with E-state index in [-0.39, 0.29) is 0 Å². The monoisotopic (exact) mass is 200 g/mol. The van der Waals surface area contributed by atoms with Crippen molar-refractivity contribution < 1.29 is 0 Å². The molecule has 0 fully saturated rings. The minimum Gasteiger partial charge on any atom is -0.370 e. The summed E-state index contributed by atoms with van der Waals surface area (Å²) in [5.41, 5.74) is 0.977. The van der Waals surface area contributed by atoms with E-state index in [1.807, 2.05) is 25.1 Å². The van der Waals surface area contributed by atoms with Gasteiger partial charge in [0.2, 0.25) is 0 Å². The zero-order valence-electron chi connectivity index (χ0n) is 8.51. The molecule has 0 aromatic carbocycles. The van der Waals surface area contributed by atoms with Crippen molar-refractivity contribution in [1.29, 1.82) is 0 Å². The van der Waals surface area contributed by atoms with E-state index in [1.54, 1.807) is 18.6 Å². The van der Waals surface area contributed by atoms with Gasteiger partial charge in [0, 0.05) is 30.7 Å². The number of hydrogen-bond acceptors (Lipinski definition) is 4. The summed E-state index contributed by atoms with van der Waals surface area (Å²) in [7, 11) is 0. The van der Waals surface area contributed by atoms with Crippen LogP contribution < -0.4 is 5.32 Å². The molecule has 0 bridgehead atoms. The molecule has 0 aliphatic heterocycles. The zero-order valence-corrected chi connectivity index (χ0v) is 8.51. The standard InChI is InChI=1S/C11H12N4/c1-2-13-10-5-8-14-11(15-10)9-3-6-12-7-4-9/h3-8H,2H2,1H3,(H,13,14,15). The quantitative estimate of drug-likeness (QED) is 0.823. The third-order valence-corrected chi connectivity index (χ3v) is 1.95. The highest BCUT2D eigenvalue weighted by Crippen LogP contribution is 2.14. The summed E-state index contributed by atoms with van der Waals surface area (Å²) in [6, 6.07) is 5.64. The lowest BCUT2D eigenvalue weighted by Crippen LogP contribution is -2.00. The van der Waals surface area contributed by atoms with Crippen molar-refractivity contribution in [2.75, 3.05) is 11.9 Å². The van der Waals surface area contributed by atoms with Gasteiger partial charge in [-0.05, 0) is 25.1 Å². The number of pyridine rings is 1. The maximum absolute atomic E-state index is 4.38. The average molecular weight is 200 g/mol. The van der Waals surface area contributed by atoms with E-state index < -0.39 is 0 Å². The predicted molar refractivity (Wildman–Crippen MR) is 59.4 cm³/mol. The van der Waals surface area contributed by atoms with E-state index in [2.05, 4.69) is 20.3 Å². The molecule has 2 rings (SSSR count). The van der Waals surface area contributed by atoms with Crippen LogP contribution in [0.1, 0.15) is 6.92 Å². The molecule has 0 aliphatic rings. The maximum atomic E-state index is 4.38. The van der Waals surface area contributed by atoms with E-state index in [4.69, 9.17) is 0 Å². The van der Waals surface area contributed by atoms with Crippen molar-refractivity contribution in [3.8, 4) is 11.4 Å². The van der Waals surface area contributed by atoms with Gasteiger partial charge in [0.05, 0.1) is 0 Å². The maximum Gasteiger partial charge on any atom is 0.161 e. The molecule has 0 radical (unpaired) electrons. The molecule has 4 nitrogen and oxygen atoms in total. The Balaban J connectivity index is 2.33. The Bertz CT molecular complexity index is 428. The third-order valence-electron chi connectivity index (χ3n) is 1.95. The Labute approximate surface area is 88.4 Å². The first kappa shape index (κ1) is 9.58. The van der Waals surface area contributed by atoms with Gasteiger partial charge in [-0.2, -0.15) is 0 Å². The smallest absolute Gasteiger partial charge is 0.161 e. The molecule has 15 heavy (non-hydrogen) atoms. The Morgan fingerprint density at radius 2 is 1.93 bits per heavy atom. The van der Waals surface area contributed by atoms with Crippen LogP contribution in [0, 0.1) is 0 Å². The summed E-state index contributed by atoms with van der Waals surface area (Å²) in [6.07, 6.45) is 5.22. The minimum atomic E-state index is 0.718. The summed E-state index contributed by atoms with van der Waals surface area (Å²) in [6.45, 7) is 2.89. The van der Waals surface area contributed by atoms with Gasteiger partial charge in [0.25, 0.3) is 0 Å². The highest BCUT2D eigenvalue weighted by Gasteiger charge is 2.00. The second kappa shape index (κ2) is 4.50. The first-order valence-electron chi connectivity index (χ1n) is 4.87. The van der Waals surface area contributed by atoms with Crippen LogP contribution in [0.4, 0.5) is 5.82 Å². The molecule has 0 saturated carbocycles. The van der Waals surface area contributed by atoms with Crippen LogP contribution in [0.25, 0.3) is 11.4 Å². The average Bonchev–Trinajstić information content (AvgIpc) is 2.31. The molecule has 0 aliphatic carbocycles. The molecule has 0 spiro atoms. The SMILES string of the molecule is CCNc1ccnc(-c2ccncc2)n1. The van der Waals surface area contributed by atoms with Crippen LogP contribution in [0.3, 0.4) is 0 Å². The van der Waals surface area contributed by atoms with Crippen molar-refractivity contribution in [3.05, 3.63) is 36.8 Å². The molecule has 0 unspecified atom stereocenters. The Hall–Kier alpha value is -1.97. The summed E-state index contributed by atoms with van der Waals surface area (Å²) < 4.78 is 0. The van der Waals surface area contributed by atoms with Crippen LogP contribution in [-0.4, -0.2) is 21.5 Å². The minimum absolute atomic E-state index is 0.718. The van der Waals surface area contributed by atoms with E-state index >= 15 is 0 Å². The molecule has 76 valence electrons. The first-order valence-corrected chi connectivity index (χ1v) is 4.87. The summed E-state index contributed by atoms with van der Waals surface area (Å²) in [4.78, 5) is 12.6. The predicted octanol–water partition coefficient (Wildman–Crippen LogP) is 1.97. The molecular formula is C11H12N4. The summed E-state index contributed by atoms with van der Waals surface area (Å²) in [5.74, 6) is 1.56. The molecule has 2 heterocycles. The number of nitrogens with zero attached hydrogens (tertiary/aromatic N) is 3. The Morgan fingerprint density at radius 1 is 1.13 bits per heavy atom. The topological polar surface area (TPSA) is 50.7 Å². The fraction of sp³-hybridized carbons (Fsp3) is 0.182. The fourth-order valence-electron chi connectivity index (χ4n) is 1.28. The van der Waals surface area contributed by atoms with Crippen LogP contribution in [0.5, 0.6) is 0 Å². The fourth-order valence-corrected chi connectivity index (χ4v) is 1.28. The lowest BCUT2D eigenvalue weighted by molar-refractivity contribution is 1.11. The van der Waals surface area contributed by atoms with Crippen molar-refractivity contribution in [3.63, 3.8) is 0 Å². The molecule has 2 aromatic heterocycles. The van der Waals surface area contributed by atoms with Gasteiger partial charge in [-0.1, -0.05) is 0 Å². The molecular weight excluding hydrogens is 188 g/mol. The van der Waals surface area contributed by atoms with Gasteiger partial charge in [-0.25, -0.2) is 9.97 Å². The van der Waals surface area contributed by atoms with E-state index in [1.165, 1.54) is 0 Å². The Morgan fingerprint density at radius 3 is 2.67 bits per heavy atom.